The molecule has 0 aliphatic carbocycles. The Morgan fingerprint density at radius 3 is 2.70 bits per heavy atom. The summed E-state index contributed by atoms with van der Waals surface area (Å²) in [7, 11) is 3.73. The van der Waals surface area contributed by atoms with E-state index < -0.39 is 0 Å². The maximum absolute atomic E-state index is 5.53. The summed E-state index contributed by atoms with van der Waals surface area (Å²) in [5.41, 5.74) is 2.45. The highest BCUT2D eigenvalue weighted by molar-refractivity contribution is 7.27. The minimum Gasteiger partial charge on any atom is -0.496 e. The first kappa shape index (κ1) is 13.6. The van der Waals surface area contributed by atoms with Gasteiger partial charge in [-0.2, -0.15) is 0 Å². The number of hydrogen-bond acceptors (Lipinski definition) is 4. The van der Waals surface area contributed by atoms with Gasteiger partial charge in [0.05, 0.1) is 13.2 Å². The molecule has 2 nitrogen and oxygen atoms in total. The van der Waals surface area contributed by atoms with Crippen LogP contribution in [0.1, 0.15) is 22.0 Å². The van der Waals surface area contributed by atoms with E-state index in [0.717, 1.165) is 5.75 Å². The Hall–Kier alpha value is -1.36. The van der Waals surface area contributed by atoms with E-state index in [0.29, 0.717) is 0 Å². The smallest absolute Gasteiger partial charge is 0.124 e. The van der Waals surface area contributed by atoms with E-state index in [9.17, 15) is 0 Å². The molecular weight excluding hydrogens is 286 g/mol. The van der Waals surface area contributed by atoms with Gasteiger partial charge in [0.15, 0.2) is 0 Å². The van der Waals surface area contributed by atoms with E-state index in [1.807, 2.05) is 24.5 Å². The van der Waals surface area contributed by atoms with Crippen molar-refractivity contribution in [2.75, 3.05) is 14.2 Å². The fourth-order valence-corrected chi connectivity index (χ4v) is 4.71. The third-order valence-electron chi connectivity index (χ3n) is 3.43. The van der Waals surface area contributed by atoms with E-state index in [-0.39, 0.29) is 6.04 Å². The lowest BCUT2D eigenvalue weighted by molar-refractivity contribution is 0.405. The fourth-order valence-electron chi connectivity index (χ4n) is 2.46. The van der Waals surface area contributed by atoms with E-state index >= 15 is 0 Å². The van der Waals surface area contributed by atoms with Crippen LogP contribution in [0.5, 0.6) is 5.75 Å². The average molecular weight is 303 g/mol. The molecule has 3 rings (SSSR count). The van der Waals surface area contributed by atoms with Crippen molar-refractivity contribution in [3.05, 3.63) is 51.7 Å². The van der Waals surface area contributed by atoms with Crippen molar-refractivity contribution in [2.45, 2.75) is 13.0 Å². The number of aryl methyl sites for hydroxylation is 1. The maximum atomic E-state index is 5.53. The molecule has 2 aromatic heterocycles. The van der Waals surface area contributed by atoms with Crippen LogP contribution in [-0.2, 0) is 0 Å². The monoisotopic (exact) mass is 303 g/mol. The Morgan fingerprint density at radius 2 is 2.00 bits per heavy atom. The van der Waals surface area contributed by atoms with Gasteiger partial charge < -0.3 is 10.1 Å². The molecule has 1 unspecified atom stereocenters. The summed E-state index contributed by atoms with van der Waals surface area (Å²) >= 11 is 3.64. The maximum Gasteiger partial charge on any atom is 0.124 e. The number of thiophene rings is 2. The molecule has 0 fully saturated rings. The van der Waals surface area contributed by atoms with Crippen molar-refractivity contribution in [2.24, 2.45) is 0 Å². The third-order valence-corrected chi connectivity index (χ3v) is 5.59. The van der Waals surface area contributed by atoms with Crippen LogP contribution in [0.25, 0.3) is 9.40 Å². The summed E-state index contributed by atoms with van der Waals surface area (Å²) in [6.45, 7) is 2.11. The number of methoxy groups -OCH3 is 1. The van der Waals surface area contributed by atoms with Crippen LogP contribution in [0.2, 0.25) is 0 Å². The van der Waals surface area contributed by atoms with Gasteiger partial charge in [-0.25, -0.2) is 0 Å². The molecule has 20 heavy (non-hydrogen) atoms. The van der Waals surface area contributed by atoms with Gasteiger partial charge in [0.1, 0.15) is 5.75 Å². The Labute approximate surface area is 127 Å². The zero-order chi connectivity index (χ0) is 14.1. The molecule has 0 saturated carbocycles. The van der Waals surface area contributed by atoms with Gasteiger partial charge in [0.2, 0.25) is 0 Å². The Bertz CT molecular complexity index is 700. The highest BCUT2D eigenvalue weighted by atomic mass is 32.1. The molecule has 1 atom stereocenters. The third kappa shape index (κ3) is 2.35. The second-order valence-electron chi connectivity index (χ2n) is 4.76. The lowest BCUT2D eigenvalue weighted by Crippen LogP contribution is -2.17. The normalized spacial score (nSPS) is 12.8. The fraction of sp³-hybridized carbons (Fsp3) is 0.250. The number of hydrogen-bond donors (Lipinski definition) is 1. The number of nitrogens with one attached hydrogen (secondary N) is 1. The van der Waals surface area contributed by atoms with Gasteiger partial charge in [-0.1, -0.05) is 17.7 Å². The van der Waals surface area contributed by atoms with Crippen LogP contribution in [0.4, 0.5) is 0 Å². The van der Waals surface area contributed by atoms with Crippen LogP contribution in [0.3, 0.4) is 0 Å². The first-order valence-electron chi connectivity index (χ1n) is 6.51. The zero-order valence-corrected chi connectivity index (χ0v) is 13.4. The van der Waals surface area contributed by atoms with E-state index in [2.05, 4.69) is 41.9 Å². The predicted octanol–water partition coefficient (Wildman–Crippen LogP) is 4.59. The summed E-state index contributed by atoms with van der Waals surface area (Å²) in [6.07, 6.45) is 0. The SMILES string of the molecule is CNC(c1cc2sccc2s1)c1cc(C)ccc1OC. The number of ether oxygens (including phenoxy) is 1. The van der Waals surface area contributed by atoms with Crippen molar-refractivity contribution < 1.29 is 4.74 Å². The quantitative estimate of drug-likeness (QED) is 0.761. The Balaban J connectivity index is 2.09. The number of rotatable bonds is 4. The van der Waals surface area contributed by atoms with Gasteiger partial charge in [0, 0.05) is 19.8 Å². The zero-order valence-electron chi connectivity index (χ0n) is 11.8. The molecule has 0 bridgehead atoms. The summed E-state index contributed by atoms with van der Waals surface area (Å²) in [5, 5.41) is 5.57. The lowest BCUT2D eigenvalue weighted by atomic mass is 10.0. The second-order valence-corrected chi connectivity index (χ2v) is 6.83. The number of fused-ring (bicyclic) bond motifs is 1. The standard InChI is InChI=1S/C16H17NOS2/c1-10-4-5-12(18-3)11(8-10)16(17-2)15-9-14-13(20-15)6-7-19-14/h4-9,16-17H,1-3H3. The Morgan fingerprint density at radius 1 is 1.15 bits per heavy atom. The largest absolute Gasteiger partial charge is 0.496 e. The Kier molecular flexibility index (Phi) is 3.78. The van der Waals surface area contributed by atoms with Crippen molar-refractivity contribution in [3.8, 4) is 5.75 Å². The van der Waals surface area contributed by atoms with Gasteiger partial charge in [-0.05, 0) is 37.6 Å². The van der Waals surface area contributed by atoms with Crippen molar-refractivity contribution in [3.63, 3.8) is 0 Å². The molecule has 0 spiro atoms. The summed E-state index contributed by atoms with van der Waals surface area (Å²) in [6, 6.07) is 11.0. The minimum absolute atomic E-state index is 0.175. The second kappa shape index (κ2) is 5.56. The van der Waals surface area contributed by atoms with Crippen LogP contribution in [0, 0.1) is 6.92 Å². The molecule has 1 aromatic carbocycles. The van der Waals surface area contributed by atoms with Crippen molar-refractivity contribution in [1.82, 2.24) is 5.32 Å². The van der Waals surface area contributed by atoms with Crippen molar-refractivity contribution >= 4 is 32.1 Å². The first-order chi connectivity index (χ1) is 9.72. The summed E-state index contributed by atoms with van der Waals surface area (Å²) in [4.78, 5) is 1.33. The molecule has 0 aliphatic rings. The molecule has 4 heteroatoms. The summed E-state index contributed by atoms with van der Waals surface area (Å²) in [5.74, 6) is 0.937. The van der Waals surface area contributed by atoms with Crippen LogP contribution >= 0.6 is 22.7 Å². The van der Waals surface area contributed by atoms with E-state index in [4.69, 9.17) is 4.74 Å². The molecule has 0 amide bonds. The van der Waals surface area contributed by atoms with Crippen LogP contribution in [0.15, 0.2) is 35.7 Å². The molecule has 3 aromatic rings. The lowest BCUT2D eigenvalue weighted by Gasteiger charge is -2.18. The van der Waals surface area contributed by atoms with Crippen LogP contribution < -0.4 is 10.1 Å². The first-order valence-corrected chi connectivity index (χ1v) is 8.21. The minimum atomic E-state index is 0.175. The van der Waals surface area contributed by atoms with Gasteiger partial charge >= 0.3 is 0 Å². The van der Waals surface area contributed by atoms with Crippen molar-refractivity contribution in [1.29, 1.82) is 0 Å². The van der Waals surface area contributed by atoms with Gasteiger partial charge in [-0.3, -0.25) is 0 Å². The average Bonchev–Trinajstić information content (AvgIpc) is 3.01. The van der Waals surface area contributed by atoms with E-state index in [1.54, 1.807) is 18.4 Å². The molecule has 0 radical (unpaired) electrons. The predicted molar refractivity (Wildman–Crippen MR) is 88.3 cm³/mol. The topological polar surface area (TPSA) is 21.3 Å². The molecule has 2 heterocycles. The molecule has 1 N–H and O–H groups in total. The van der Waals surface area contributed by atoms with Gasteiger partial charge in [-0.15, -0.1) is 22.7 Å². The van der Waals surface area contributed by atoms with Crippen LogP contribution in [-0.4, -0.2) is 14.2 Å². The highest BCUT2D eigenvalue weighted by Crippen LogP contribution is 2.38. The molecule has 0 saturated heterocycles. The van der Waals surface area contributed by atoms with E-state index in [1.165, 1.54) is 25.4 Å². The molecule has 104 valence electrons. The highest BCUT2D eigenvalue weighted by Gasteiger charge is 2.19. The molecular formula is C16H17NOS2. The summed E-state index contributed by atoms with van der Waals surface area (Å²) < 4.78 is 8.24. The van der Waals surface area contributed by atoms with Gasteiger partial charge in [0.25, 0.3) is 0 Å². The number of benzene rings is 1. The molecule has 0 aliphatic heterocycles.